The molecule has 0 spiro atoms. The van der Waals surface area contributed by atoms with Crippen molar-refractivity contribution in [3.8, 4) is 22.6 Å². The number of aromatic nitrogens is 1. The van der Waals surface area contributed by atoms with Crippen molar-refractivity contribution < 1.29 is 32.2 Å². The molecule has 0 bridgehead atoms. The number of pyridine rings is 1. The Balaban J connectivity index is 2.07. The van der Waals surface area contributed by atoms with Crippen LogP contribution in [0.3, 0.4) is 0 Å². The van der Waals surface area contributed by atoms with Gasteiger partial charge in [-0.2, -0.15) is 13.2 Å². The number of aromatic hydroxyl groups is 1. The molecule has 30 heavy (non-hydrogen) atoms. The normalized spacial score (nSPS) is 11.3. The molecular weight excluding hydrogens is 404 g/mol. The van der Waals surface area contributed by atoms with Gasteiger partial charge in [-0.05, 0) is 36.4 Å². The Labute approximate surface area is 169 Å². The number of hydrogen-bond donors (Lipinski definition) is 1. The van der Waals surface area contributed by atoms with Crippen LogP contribution in [-0.2, 0) is 6.18 Å². The molecule has 5 nitrogen and oxygen atoms in total. The molecule has 3 aromatic rings. The van der Waals surface area contributed by atoms with E-state index in [2.05, 4.69) is 4.98 Å². The van der Waals surface area contributed by atoms with Crippen molar-refractivity contribution in [3.05, 3.63) is 71.8 Å². The number of halogens is 4. The molecule has 1 heterocycles. The molecule has 0 aliphatic carbocycles. The SMILES string of the molecule is COc1cc(F)ccc1-c1ccncc1N(C)C(=O)c1cc(O)cc(C(F)(F)F)c1. The number of methoxy groups -OCH3 is 1. The molecule has 2 aromatic carbocycles. The third-order valence-electron chi connectivity index (χ3n) is 4.41. The summed E-state index contributed by atoms with van der Waals surface area (Å²) in [4.78, 5) is 18.0. The quantitative estimate of drug-likeness (QED) is 0.610. The molecule has 0 aliphatic heterocycles. The Hall–Kier alpha value is -3.62. The van der Waals surface area contributed by atoms with Gasteiger partial charge in [0.05, 0.1) is 24.6 Å². The second kappa shape index (κ2) is 8.02. The van der Waals surface area contributed by atoms with Crippen LogP contribution in [0.5, 0.6) is 11.5 Å². The van der Waals surface area contributed by atoms with Gasteiger partial charge in [-0.1, -0.05) is 0 Å². The third kappa shape index (κ3) is 4.19. The van der Waals surface area contributed by atoms with Gasteiger partial charge in [0.2, 0.25) is 0 Å². The largest absolute Gasteiger partial charge is 0.508 e. The van der Waals surface area contributed by atoms with E-state index in [-0.39, 0.29) is 17.0 Å². The summed E-state index contributed by atoms with van der Waals surface area (Å²) in [6.07, 6.45) is -1.92. The minimum absolute atomic E-state index is 0.208. The molecule has 1 aromatic heterocycles. The van der Waals surface area contributed by atoms with Gasteiger partial charge < -0.3 is 14.7 Å². The van der Waals surface area contributed by atoms with Gasteiger partial charge in [-0.15, -0.1) is 0 Å². The lowest BCUT2D eigenvalue weighted by Crippen LogP contribution is -2.27. The fraction of sp³-hybridized carbons (Fsp3) is 0.143. The monoisotopic (exact) mass is 420 g/mol. The lowest BCUT2D eigenvalue weighted by atomic mass is 10.0. The van der Waals surface area contributed by atoms with E-state index >= 15 is 0 Å². The van der Waals surface area contributed by atoms with E-state index in [9.17, 15) is 27.5 Å². The Morgan fingerprint density at radius 3 is 2.50 bits per heavy atom. The van der Waals surface area contributed by atoms with Crippen molar-refractivity contribution in [1.82, 2.24) is 4.98 Å². The molecule has 0 saturated carbocycles. The number of anilines is 1. The van der Waals surface area contributed by atoms with Crippen LogP contribution in [0, 0.1) is 5.82 Å². The molecule has 1 amide bonds. The van der Waals surface area contributed by atoms with Crippen molar-refractivity contribution in [3.63, 3.8) is 0 Å². The van der Waals surface area contributed by atoms with E-state index in [1.165, 1.54) is 44.8 Å². The molecule has 3 rings (SSSR count). The van der Waals surface area contributed by atoms with Crippen molar-refractivity contribution in [1.29, 1.82) is 0 Å². The second-order valence-corrected chi connectivity index (χ2v) is 6.37. The van der Waals surface area contributed by atoms with Crippen molar-refractivity contribution >= 4 is 11.6 Å². The summed E-state index contributed by atoms with van der Waals surface area (Å²) in [5.74, 6) is -1.80. The van der Waals surface area contributed by atoms with Gasteiger partial charge >= 0.3 is 6.18 Å². The number of alkyl halides is 3. The zero-order valence-corrected chi connectivity index (χ0v) is 15.9. The van der Waals surface area contributed by atoms with Crippen LogP contribution >= 0.6 is 0 Å². The van der Waals surface area contributed by atoms with E-state index in [0.717, 1.165) is 11.0 Å². The van der Waals surface area contributed by atoms with Crippen LogP contribution in [0.15, 0.2) is 54.9 Å². The first kappa shape index (κ1) is 21.1. The summed E-state index contributed by atoms with van der Waals surface area (Å²) in [5, 5.41) is 9.65. The molecule has 0 aliphatic rings. The minimum Gasteiger partial charge on any atom is -0.508 e. The highest BCUT2D eigenvalue weighted by molar-refractivity contribution is 6.08. The average molecular weight is 420 g/mol. The lowest BCUT2D eigenvalue weighted by Gasteiger charge is -2.22. The molecule has 156 valence electrons. The number of phenols is 1. The van der Waals surface area contributed by atoms with Crippen LogP contribution < -0.4 is 9.64 Å². The van der Waals surface area contributed by atoms with E-state index < -0.39 is 29.2 Å². The number of phenolic OH excluding ortho intramolecular Hbond substituents is 1. The predicted octanol–water partition coefficient (Wildman–Crippen LogP) is 4.90. The number of amides is 1. The number of carbonyl (C=O) groups excluding carboxylic acids is 1. The average Bonchev–Trinajstić information content (AvgIpc) is 2.71. The summed E-state index contributed by atoms with van der Waals surface area (Å²) in [6.45, 7) is 0. The topological polar surface area (TPSA) is 62.7 Å². The van der Waals surface area contributed by atoms with Gasteiger partial charge in [-0.3, -0.25) is 9.78 Å². The number of nitrogens with zero attached hydrogens (tertiary/aromatic N) is 2. The zero-order chi connectivity index (χ0) is 22.1. The first-order valence-electron chi connectivity index (χ1n) is 8.59. The maximum Gasteiger partial charge on any atom is 0.416 e. The van der Waals surface area contributed by atoms with Crippen LogP contribution in [0.4, 0.5) is 23.2 Å². The highest BCUT2D eigenvalue weighted by Gasteiger charge is 2.32. The van der Waals surface area contributed by atoms with Gasteiger partial charge in [0.15, 0.2) is 0 Å². The first-order valence-corrected chi connectivity index (χ1v) is 8.59. The zero-order valence-electron chi connectivity index (χ0n) is 15.9. The molecule has 0 radical (unpaired) electrons. The van der Waals surface area contributed by atoms with Crippen LogP contribution in [0.2, 0.25) is 0 Å². The van der Waals surface area contributed by atoms with E-state index in [0.29, 0.717) is 23.3 Å². The van der Waals surface area contributed by atoms with E-state index in [1.807, 2.05) is 0 Å². The van der Waals surface area contributed by atoms with Crippen LogP contribution in [-0.4, -0.2) is 30.2 Å². The molecule has 9 heteroatoms. The van der Waals surface area contributed by atoms with Gasteiger partial charge in [-0.25, -0.2) is 4.39 Å². The number of ether oxygens (including phenoxy) is 1. The maximum absolute atomic E-state index is 13.6. The Bertz CT molecular complexity index is 1100. The Morgan fingerprint density at radius 1 is 1.10 bits per heavy atom. The van der Waals surface area contributed by atoms with Crippen molar-refractivity contribution in [2.75, 3.05) is 19.1 Å². The van der Waals surface area contributed by atoms with Crippen molar-refractivity contribution in [2.24, 2.45) is 0 Å². The fourth-order valence-electron chi connectivity index (χ4n) is 2.97. The van der Waals surface area contributed by atoms with Crippen LogP contribution in [0.25, 0.3) is 11.1 Å². The number of hydrogen-bond acceptors (Lipinski definition) is 4. The first-order chi connectivity index (χ1) is 14.1. The van der Waals surface area contributed by atoms with E-state index in [4.69, 9.17) is 4.74 Å². The molecule has 0 unspecified atom stereocenters. The summed E-state index contributed by atoms with van der Waals surface area (Å²) in [6, 6.07) is 7.56. The van der Waals surface area contributed by atoms with Gasteiger partial charge in [0.1, 0.15) is 17.3 Å². The molecule has 1 N–H and O–H groups in total. The summed E-state index contributed by atoms with van der Waals surface area (Å²) in [5.41, 5.74) is -0.336. The lowest BCUT2D eigenvalue weighted by molar-refractivity contribution is -0.137. The summed E-state index contributed by atoms with van der Waals surface area (Å²) in [7, 11) is 2.72. The number of carbonyl (C=O) groups is 1. The number of benzene rings is 2. The molecule has 0 fully saturated rings. The van der Waals surface area contributed by atoms with Gasteiger partial charge in [0, 0.05) is 36.0 Å². The van der Waals surface area contributed by atoms with Crippen LogP contribution in [0.1, 0.15) is 15.9 Å². The molecular formula is C21H16F4N2O3. The molecule has 0 atom stereocenters. The molecule has 0 saturated heterocycles. The highest BCUT2D eigenvalue weighted by atomic mass is 19.4. The fourth-order valence-corrected chi connectivity index (χ4v) is 2.97. The Kier molecular flexibility index (Phi) is 5.64. The summed E-state index contributed by atoms with van der Waals surface area (Å²) < 4.78 is 57.9. The summed E-state index contributed by atoms with van der Waals surface area (Å²) >= 11 is 0. The maximum atomic E-state index is 13.6. The number of rotatable bonds is 4. The third-order valence-corrected chi connectivity index (χ3v) is 4.41. The smallest absolute Gasteiger partial charge is 0.416 e. The standard InChI is InChI=1S/C21H16F4N2O3/c1-27(20(29)12-7-13(21(23,24)25)9-15(28)8-12)18-11-26-6-5-16(18)17-4-3-14(22)10-19(17)30-2/h3-11,28H,1-2H3. The minimum atomic E-state index is -4.73. The van der Waals surface area contributed by atoms with Crippen molar-refractivity contribution in [2.45, 2.75) is 6.18 Å². The highest BCUT2D eigenvalue weighted by Crippen LogP contribution is 2.37. The Morgan fingerprint density at radius 2 is 1.83 bits per heavy atom. The van der Waals surface area contributed by atoms with E-state index in [1.54, 1.807) is 6.07 Å². The second-order valence-electron chi connectivity index (χ2n) is 6.37. The predicted molar refractivity (Wildman–Crippen MR) is 102 cm³/mol. The van der Waals surface area contributed by atoms with Gasteiger partial charge in [0.25, 0.3) is 5.91 Å².